The van der Waals surface area contributed by atoms with Crippen molar-refractivity contribution in [2.45, 2.75) is 20.0 Å². The number of amides is 1. The van der Waals surface area contributed by atoms with Crippen LogP contribution in [0, 0.1) is 6.92 Å². The number of carbonyl (C=O) groups is 2. The van der Waals surface area contributed by atoms with E-state index in [0.717, 1.165) is 10.0 Å². The number of rotatable bonds is 4. The number of H-pyrrole nitrogens is 1. The van der Waals surface area contributed by atoms with Crippen LogP contribution in [-0.2, 0) is 9.53 Å². The van der Waals surface area contributed by atoms with Crippen LogP contribution in [0.25, 0.3) is 0 Å². The normalized spacial score (nSPS) is 11.8. The topological polar surface area (TPSA) is 71.2 Å². The highest BCUT2D eigenvalue weighted by molar-refractivity contribution is 9.10. The van der Waals surface area contributed by atoms with Gasteiger partial charge in [0.25, 0.3) is 5.91 Å². The molecule has 0 aliphatic carbocycles. The molecule has 1 amide bonds. The number of aromatic amines is 1. The van der Waals surface area contributed by atoms with E-state index in [1.54, 1.807) is 18.3 Å². The maximum absolute atomic E-state index is 12.0. The summed E-state index contributed by atoms with van der Waals surface area (Å²) in [6, 6.07) is 8.99. The largest absolute Gasteiger partial charge is 0.448 e. The second kappa shape index (κ2) is 6.58. The van der Waals surface area contributed by atoms with Crippen LogP contribution in [0.3, 0.4) is 0 Å². The molecule has 5 nitrogen and oxygen atoms in total. The van der Waals surface area contributed by atoms with E-state index in [2.05, 4.69) is 26.2 Å². The van der Waals surface area contributed by atoms with Gasteiger partial charge in [-0.15, -0.1) is 0 Å². The number of ether oxygens (including phenoxy) is 1. The summed E-state index contributed by atoms with van der Waals surface area (Å²) >= 11 is 3.23. The average Bonchev–Trinajstić information content (AvgIpc) is 2.88. The third-order valence-corrected chi connectivity index (χ3v) is 3.38. The summed E-state index contributed by atoms with van der Waals surface area (Å²) in [5.41, 5.74) is 1.93. The molecule has 0 spiro atoms. The van der Waals surface area contributed by atoms with Crippen molar-refractivity contribution in [2.24, 2.45) is 0 Å². The van der Waals surface area contributed by atoms with Crippen LogP contribution in [0.2, 0.25) is 0 Å². The van der Waals surface area contributed by atoms with E-state index in [1.807, 2.05) is 25.1 Å². The van der Waals surface area contributed by atoms with Gasteiger partial charge in [-0.3, -0.25) is 4.79 Å². The monoisotopic (exact) mass is 350 g/mol. The van der Waals surface area contributed by atoms with E-state index < -0.39 is 12.1 Å². The number of para-hydroxylation sites is 1. The molecule has 2 aromatic rings. The van der Waals surface area contributed by atoms with Crippen molar-refractivity contribution in [3.05, 3.63) is 52.3 Å². The van der Waals surface area contributed by atoms with Gasteiger partial charge in [0.2, 0.25) is 0 Å². The zero-order valence-corrected chi connectivity index (χ0v) is 13.2. The molecule has 6 heteroatoms. The lowest BCUT2D eigenvalue weighted by Gasteiger charge is -2.14. The molecule has 0 saturated heterocycles. The third kappa shape index (κ3) is 3.95. The predicted octanol–water partition coefficient (Wildman–Crippen LogP) is 3.27. The first-order valence-electron chi connectivity index (χ1n) is 6.39. The average molecular weight is 351 g/mol. The Kier molecular flexibility index (Phi) is 4.80. The van der Waals surface area contributed by atoms with Crippen molar-refractivity contribution in [2.75, 3.05) is 5.32 Å². The van der Waals surface area contributed by atoms with E-state index in [4.69, 9.17) is 4.74 Å². The van der Waals surface area contributed by atoms with Gasteiger partial charge in [-0.2, -0.15) is 0 Å². The summed E-state index contributed by atoms with van der Waals surface area (Å²) in [6.45, 7) is 3.42. The molecule has 1 heterocycles. The van der Waals surface area contributed by atoms with Crippen LogP contribution >= 0.6 is 15.9 Å². The number of halogens is 1. The van der Waals surface area contributed by atoms with Gasteiger partial charge in [0.1, 0.15) is 5.69 Å². The minimum atomic E-state index is -0.890. The van der Waals surface area contributed by atoms with E-state index in [9.17, 15) is 9.59 Å². The number of anilines is 1. The van der Waals surface area contributed by atoms with E-state index >= 15 is 0 Å². The first-order valence-corrected chi connectivity index (χ1v) is 7.18. The van der Waals surface area contributed by atoms with Gasteiger partial charge in [-0.05, 0) is 47.5 Å². The Hall–Kier alpha value is -2.08. The molecule has 1 aromatic carbocycles. The molecule has 2 rings (SSSR count). The standard InChI is InChI=1S/C15H15BrN2O3/c1-9-5-3-4-6-12(9)18-14(19)10(2)21-15(20)13-7-11(16)8-17-13/h3-8,10,17H,1-2H3,(H,18,19)/t10-/m1/s1. The third-order valence-electron chi connectivity index (χ3n) is 2.92. The van der Waals surface area contributed by atoms with E-state index in [-0.39, 0.29) is 11.6 Å². The van der Waals surface area contributed by atoms with Crippen LogP contribution in [0.15, 0.2) is 41.0 Å². The summed E-state index contributed by atoms with van der Waals surface area (Å²) in [4.78, 5) is 26.6. The lowest BCUT2D eigenvalue weighted by Crippen LogP contribution is -2.30. The van der Waals surface area contributed by atoms with Gasteiger partial charge < -0.3 is 15.0 Å². The molecule has 110 valence electrons. The minimum absolute atomic E-state index is 0.289. The first-order chi connectivity index (χ1) is 9.97. The number of benzene rings is 1. The highest BCUT2D eigenvalue weighted by atomic mass is 79.9. The molecule has 1 atom stereocenters. The quantitative estimate of drug-likeness (QED) is 0.831. The van der Waals surface area contributed by atoms with Gasteiger partial charge in [-0.1, -0.05) is 18.2 Å². The molecule has 0 radical (unpaired) electrons. The first kappa shape index (κ1) is 15.3. The minimum Gasteiger partial charge on any atom is -0.448 e. The number of hydrogen-bond acceptors (Lipinski definition) is 3. The molecule has 0 bridgehead atoms. The van der Waals surface area contributed by atoms with Crippen molar-refractivity contribution < 1.29 is 14.3 Å². The Morgan fingerprint density at radius 3 is 2.67 bits per heavy atom. The molecule has 1 aromatic heterocycles. The lowest BCUT2D eigenvalue weighted by molar-refractivity contribution is -0.123. The van der Waals surface area contributed by atoms with Crippen molar-refractivity contribution in [3.8, 4) is 0 Å². The van der Waals surface area contributed by atoms with Gasteiger partial charge in [0, 0.05) is 16.4 Å². The van der Waals surface area contributed by atoms with E-state index in [0.29, 0.717) is 5.69 Å². The highest BCUT2D eigenvalue weighted by Crippen LogP contribution is 2.15. The number of aromatic nitrogens is 1. The van der Waals surface area contributed by atoms with Crippen molar-refractivity contribution in [1.29, 1.82) is 0 Å². The maximum atomic E-state index is 12.0. The Balaban J connectivity index is 1.97. The van der Waals surface area contributed by atoms with Crippen molar-refractivity contribution in [1.82, 2.24) is 4.98 Å². The summed E-state index contributed by atoms with van der Waals surface area (Å²) in [5.74, 6) is -0.948. The van der Waals surface area contributed by atoms with Gasteiger partial charge >= 0.3 is 5.97 Å². The van der Waals surface area contributed by atoms with Crippen molar-refractivity contribution >= 4 is 33.5 Å². The zero-order chi connectivity index (χ0) is 15.4. The number of nitrogens with one attached hydrogen (secondary N) is 2. The number of carbonyl (C=O) groups excluding carboxylic acids is 2. The maximum Gasteiger partial charge on any atom is 0.355 e. The highest BCUT2D eigenvalue weighted by Gasteiger charge is 2.20. The second-order valence-electron chi connectivity index (χ2n) is 4.58. The van der Waals surface area contributed by atoms with Gasteiger partial charge in [0.05, 0.1) is 0 Å². The molecule has 0 aliphatic heterocycles. The molecular weight excluding hydrogens is 336 g/mol. The van der Waals surface area contributed by atoms with Gasteiger partial charge in [0.15, 0.2) is 6.10 Å². The molecule has 21 heavy (non-hydrogen) atoms. The Labute approximate surface area is 130 Å². The van der Waals surface area contributed by atoms with Crippen LogP contribution in [-0.4, -0.2) is 23.0 Å². The second-order valence-corrected chi connectivity index (χ2v) is 5.50. The molecule has 2 N–H and O–H groups in total. The van der Waals surface area contributed by atoms with Crippen LogP contribution in [0.1, 0.15) is 23.0 Å². The lowest BCUT2D eigenvalue weighted by atomic mass is 10.2. The van der Waals surface area contributed by atoms with Crippen LogP contribution < -0.4 is 5.32 Å². The summed E-state index contributed by atoms with van der Waals surface area (Å²) in [7, 11) is 0. The SMILES string of the molecule is Cc1ccccc1NC(=O)[C@@H](C)OC(=O)c1cc(Br)c[nH]1. The number of aryl methyl sites for hydroxylation is 1. The summed E-state index contributed by atoms with van der Waals surface area (Å²) in [6.07, 6.45) is 0.730. The predicted molar refractivity (Wildman–Crippen MR) is 83.2 cm³/mol. The summed E-state index contributed by atoms with van der Waals surface area (Å²) in [5, 5.41) is 2.74. The molecule has 0 aliphatic rings. The molecule has 0 fully saturated rings. The summed E-state index contributed by atoms with van der Waals surface area (Å²) < 4.78 is 5.86. The number of hydrogen-bond donors (Lipinski definition) is 2. The molecular formula is C15H15BrN2O3. The Morgan fingerprint density at radius 1 is 1.33 bits per heavy atom. The number of esters is 1. The smallest absolute Gasteiger partial charge is 0.355 e. The van der Waals surface area contributed by atoms with E-state index in [1.165, 1.54) is 6.92 Å². The van der Waals surface area contributed by atoms with Crippen LogP contribution in [0.4, 0.5) is 5.69 Å². The Morgan fingerprint density at radius 2 is 2.05 bits per heavy atom. The fourth-order valence-corrected chi connectivity index (χ4v) is 2.05. The zero-order valence-electron chi connectivity index (χ0n) is 11.6. The Bertz CT molecular complexity index is 666. The fourth-order valence-electron chi connectivity index (χ4n) is 1.71. The molecule has 0 saturated carbocycles. The molecule has 0 unspecified atom stereocenters. The fraction of sp³-hybridized carbons (Fsp3) is 0.200. The van der Waals surface area contributed by atoms with Crippen LogP contribution in [0.5, 0.6) is 0 Å². The van der Waals surface area contributed by atoms with Gasteiger partial charge in [-0.25, -0.2) is 4.79 Å². The van der Waals surface area contributed by atoms with Crippen molar-refractivity contribution in [3.63, 3.8) is 0 Å².